The van der Waals surface area contributed by atoms with E-state index in [4.69, 9.17) is 0 Å². The first kappa shape index (κ1) is 23.6. The Bertz CT molecular complexity index is 689. The number of rotatable bonds is 7. The maximum absolute atomic E-state index is 12.4. The predicted octanol–water partition coefficient (Wildman–Crippen LogP) is 8.62. The Morgan fingerprint density at radius 2 is 1.81 bits per heavy atom. The van der Waals surface area contributed by atoms with Crippen molar-refractivity contribution in [3.05, 3.63) is 11.6 Å². The third-order valence-electron chi connectivity index (χ3n) is 11.1. The van der Waals surface area contributed by atoms with Crippen LogP contribution in [0.5, 0.6) is 0 Å². The quantitative estimate of drug-likeness (QED) is 0.372. The zero-order chi connectivity index (χ0) is 22.4. The van der Waals surface area contributed by atoms with E-state index in [2.05, 4.69) is 40.7 Å². The van der Waals surface area contributed by atoms with E-state index in [1.165, 1.54) is 57.8 Å². The number of ketones is 1. The molecule has 3 saturated carbocycles. The number of hydrogen-bond donors (Lipinski definition) is 0. The van der Waals surface area contributed by atoms with Crippen LogP contribution < -0.4 is 0 Å². The van der Waals surface area contributed by atoms with Crippen LogP contribution in [0.1, 0.15) is 119 Å². The lowest BCUT2D eigenvalue weighted by atomic mass is 9.46. The number of allylic oxidation sites excluding steroid dienone is 2. The molecule has 0 heterocycles. The fraction of sp³-hybridized carbons (Fsp3) is 0.900. The molecule has 0 radical (unpaired) electrons. The monoisotopic (exact) mass is 426 g/mol. The Labute approximate surface area is 193 Å². The van der Waals surface area contributed by atoms with Gasteiger partial charge in [0.2, 0.25) is 0 Å². The molecule has 0 bridgehead atoms. The molecule has 4 rings (SSSR count). The standard InChI is InChI=1S/C30H50O/c1-7-28(31)22-15-17-29(5)23(19-22)11-12-24-26-14-13-25(21(4)10-8-9-20(2)3)30(26,6)18-16-27(24)29/h11,20-22,24-27H,7-10,12-19H2,1-6H3/t21-,22+,24+,25-,26+,27+,29+,30-/m1/s1. The third-order valence-corrected chi connectivity index (χ3v) is 11.1. The van der Waals surface area contributed by atoms with Crippen molar-refractivity contribution in [3.8, 4) is 0 Å². The number of hydrogen-bond acceptors (Lipinski definition) is 1. The molecule has 3 fully saturated rings. The summed E-state index contributed by atoms with van der Waals surface area (Å²) in [5, 5.41) is 0. The summed E-state index contributed by atoms with van der Waals surface area (Å²) in [6.45, 7) is 14.7. The van der Waals surface area contributed by atoms with Crippen LogP contribution in [-0.2, 0) is 4.79 Å². The molecule has 0 N–H and O–H groups in total. The molecule has 0 aliphatic heterocycles. The molecule has 0 aromatic heterocycles. The smallest absolute Gasteiger partial charge is 0.136 e. The molecule has 4 aliphatic rings. The van der Waals surface area contributed by atoms with Crippen LogP contribution in [-0.4, -0.2) is 5.78 Å². The lowest BCUT2D eigenvalue weighted by molar-refractivity contribution is -0.124. The zero-order valence-electron chi connectivity index (χ0n) is 21.5. The number of Topliss-reactive ketones (excluding diaryl/α,β-unsaturated/α-hetero) is 1. The largest absolute Gasteiger partial charge is 0.299 e. The van der Waals surface area contributed by atoms with Crippen molar-refractivity contribution >= 4 is 5.78 Å². The van der Waals surface area contributed by atoms with Crippen LogP contribution in [0.3, 0.4) is 0 Å². The van der Waals surface area contributed by atoms with Gasteiger partial charge in [-0.1, -0.05) is 72.5 Å². The first-order chi connectivity index (χ1) is 14.7. The highest BCUT2D eigenvalue weighted by Gasteiger charge is 2.59. The highest BCUT2D eigenvalue weighted by molar-refractivity contribution is 5.81. The lowest BCUT2D eigenvalue weighted by Crippen LogP contribution is -2.50. The Morgan fingerprint density at radius 1 is 1.03 bits per heavy atom. The average molecular weight is 427 g/mol. The van der Waals surface area contributed by atoms with Crippen LogP contribution in [0.2, 0.25) is 0 Å². The minimum atomic E-state index is 0.317. The van der Waals surface area contributed by atoms with Gasteiger partial charge in [0.15, 0.2) is 0 Å². The molecular formula is C30H50O. The summed E-state index contributed by atoms with van der Waals surface area (Å²) >= 11 is 0. The summed E-state index contributed by atoms with van der Waals surface area (Å²) in [5.41, 5.74) is 2.64. The van der Waals surface area contributed by atoms with Gasteiger partial charge in [0, 0.05) is 12.3 Å². The molecule has 0 aromatic rings. The zero-order valence-corrected chi connectivity index (χ0v) is 21.5. The van der Waals surface area contributed by atoms with Crippen LogP contribution in [0, 0.1) is 52.3 Å². The summed E-state index contributed by atoms with van der Waals surface area (Å²) in [5.74, 6) is 6.23. The van der Waals surface area contributed by atoms with Crippen molar-refractivity contribution in [1.29, 1.82) is 0 Å². The normalized spacial score (nSPS) is 43.1. The molecule has 0 unspecified atom stereocenters. The molecule has 0 amide bonds. The van der Waals surface area contributed by atoms with Gasteiger partial charge in [-0.25, -0.2) is 0 Å². The van der Waals surface area contributed by atoms with E-state index < -0.39 is 0 Å². The van der Waals surface area contributed by atoms with Gasteiger partial charge in [-0.15, -0.1) is 0 Å². The SMILES string of the molecule is CCC(=O)[C@H]1CC[C@@]2(C)C(=CC[C@H]3[C@@H]4CC[C@H]([C@H](C)CCCC(C)C)[C@@]4(C)CC[C@@H]32)C1. The third kappa shape index (κ3) is 4.10. The van der Waals surface area contributed by atoms with Gasteiger partial charge in [-0.05, 0) is 97.7 Å². The summed E-state index contributed by atoms with van der Waals surface area (Å²) < 4.78 is 0. The van der Waals surface area contributed by atoms with Gasteiger partial charge in [-0.2, -0.15) is 0 Å². The molecule has 4 aliphatic carbocycles. The Balaban J connectivity index is 1.48. The van der Waals surface area contributed by atoms with E-state index in [0.29, 0.717) is 22.5 Å². The second-order valence-corrected chi connectivity index (χ2v) is 13.0. The second-order valence-electron chi connectivity index (χ2n) is 13.0. The van der Waals surface area contributed by atoms with E-state index >= 15 is 0 Å². The first-order valence-electron chi connectivity index (χ1n) is 13.9. The summed E-state index contributed by atoms with van der Waals surface area (Å²) in [4.78, 5) is 12.4. The van der Waals surface area contributed by atoms with Crippen LogP contribution >= 0.6 is 0 Å². The van der Waals surface area contributed by atoms with E-state index in [0.717, 1.165) is 54.8 Å². The van der Waals surface area contributed by atoms with Crippen molar-refractivity contribution in [1.82, 2.24) is 0 Å². The van der Waals surface area contributed by atoms with E-state index in [-0.39, 0.29) is 0 Å². The number of fused-ring (bicyclic) bond motifs is 5. The average Bonchev–Trinajstić information content (AvgIpc) is 3.09. The maximum Gasteiger partial charge on any atom is 0.136 e. The molecule has 8 atom stereocenters. The number of carbonyl (C=O) groups excluding carboxylic acids is 1. The van der Waals surface area contributed by atoms with E-state index in [1.54, 1.807) is 5.57 Å². The molecular weight excluding hydrogens is 376 g/mol. The van der Waals surface area contributed by atoms with Crippen molar-refractivity contribution in [2.75, 3.05) is 0 Å². The van der Waals surface area contributed by atoms with Crippen LogP contribution in [0.25, 0.3) is 0 Å². The molecule has 0 aromatic carbocycles. The summed E-state index contributed by atoms with van der Waals surface area (Å²) in [6.07, 6.45) is 18.2. The van der Waals surface area contributed by atoms with Crippen molar-refractivity contribution < 1.29 is 4.79 Å². The molecule has 1 nitrogen and oxygen atoms in total. The molecule has 31 heavy (non-hydrogen) atoms. The fourth-order valence-corrected chi connectivity index (χ4v) is 9.25. The van der Waals surface area contributed by atoms with Crippen molar-refractivity contribution in [2.24, 2.45) is 52.3 Å². The van der Waals surface area contributed by atoms with Crippen LogP contribution in [0.4, 0.5) is 0 Å². The fourth-order valence-electron chi connectivity index (χ4n) is 9.25. The summed E-state index contributed by atoms with van der Waals surface area (Å²) in [6, 6.07) is 0. The molecule has 1 heteroatoms. The molecule has 176 valence electrons. The van der Waals surface area contributed by atoms with Gasteiger partial charge in [0.25, 0.3) is 0 Å². The van der Waals surface area contributed by atoms with Gasteiger partial charge in [0.1, 0.15) is 5.78 Å². The van der Waals surface area contributed by atoms with Gasteiger partial charge in [-0.3, -0.25) is 4.79 Å². The van der Waals surface area contributed by atoms with Crippen LogP contribution in [0.15, 0.2) is 11.6 Å². The minimum absolute atomic E-state index is 0.317. The summed E-state index contributed by atoms with van der Waals surface area (Å²) in [7, 11) is 0. The first-order valence-corrected chi connectivity index (χ1v) is 13.9. The van der Waals surface area contributed by atoms with E-state index in [9.17, 15) is 4.79 Å². The van der Waals surface area contributed by atoms with E-state index in [1.807, 2.05) is 6.92 Å². The van der Waals surface area contributed by atoms with Gasteiger partial charge in [0.05, 0.1) is 0 Å². The highest BCUT2D eigenvalue weighted by Crippen LogP contribution is 2.67. The molecule has 0 spiro atoms. The Hall–Kier alpha value is -0.590. The van der Waals surface area contributed by atoms with Gasteiger partial charge < -0.3 is 0 Å². The molecule has 0 saturated heterocycles. The lowest BCUT2D eigenvalue weighted by Gasteiger charge is -2.58. The Morgan fingerprint density at radius 3 is 2.52 bits per heavy atom. The maximum atomic E-state index is 12.4. The highest BCUT2D eigenvalue weighted by atomic mass is 16.1. The Kier molecular flexibility index (Phi) is 6.83. The van der Waals surface area contributed by atoms with Crippen molar-refractivity contribution in [2.45, 2.75) is 119 Å². The van der Waals surface area contributed by atoms with Crippen molar-refractivity contribution in [3.63, 3.8) is 0 Å². The van der Waals surface area contributed by atoms with Gasteiger partial charge >= 0.3 is 0 Å². The topological polar surface area (TPSA) is 17.1 Å². The predicted molar refractivity (Wildman–Crippen MR) is 132 cm³/mol. The number of carbonyl (C=O) groups is 1. The minimum Gasteiger partial charge on any atom is -0.299 e. The second kappa shape index (κ2) is 8.98.